The summed E-state index contributed by atoms with van der Waals surface area (Å²) in [5, 5.41) is 0. The van der Waals surface area contributed by atoms with Gasteiger partial charge in [-0.05, 0) is 84.2 Å². The number of fused-ring (bicyclic) bond motifs is 1. The molecule has 30 heavy (non-hydrogen) atoms. The summed E-state index contributed by atoms with van der Waals surface area (Å²) in [6.07, 6.45) is 14.4. The van der Waals surface area contributed by atoms with Crippen molar-refractivity contribution in [2.45, 2.75) is 77.6 Å². The molecule has 4 rings (SSSR count). The highest BCUT2D eigenvalue weighted by atomic mass is 19.2. The molecule has 0 radical (unpaired) electrons. The molecule has 0 aliphatic heterocycles. The zero-order valence-electron chi connectivity index (χ0n) is 18.0. The zero-order valence-corrected chi connectivity index (χ0v) is 18.0. The molecule has 0 N–H and O–H groups in total. The van der Waals surface area contributed by atoms with Crippen molar-refractivity contribution in [1.29, 1.82) is 0 Å². The predicted molar refractivity (Wildman–Crippen MR) is 117 cm³/mol. The fourth-order valence-corrected chi connectivity index (χ4v) is 5.72. The SMILES string of the molecule is CCCCCC1CCC(C2CCc3cc(-c4cc(F)c(F)c(F)c4)ccc3C2)CC1. The van der Waals surface area contributed by atoms with E-state index in [0.29, 0.717) is 5.56 Å². The monoisotopic (exact) mass is 414 g/mol. The van der Waals surface area contributed by atoms with Crippen LogP contribution in [-0.4, -0.2) is 0 Å². The first-order chi connectivity index (χ1) is 14.5. The normalized spacial score (nSPS) is 23.9. The van der Waals surface area contributed by atoms with E-state index in [9.17, 15) is 13.2 Å². The standard InChI is InChI=1S/C27H33F3/c1-2-3-4-5-18-6-8-19(9-7-18)20-10-11-22-15-23(13-12-21(22)14-20)24-16-25(28)27(30)26(29)17-24/h12-13,15-20H,2-11,14H2,1H3. The van der Waals surface area contributed by atoms with E-state index in [4.69, 9.17) is 0 Å². The van der Waals surface area contributed by atoms with Gasteiger partial charge in [-0.1, -0.05) is 63.6 Å². The lowest BCUT2D eigenvalue weighted by Gasteiger charge is -2.36. The number of rotatable bonds is 6. The van der Waals surface area contributed by atoms with Crippen LogP contribution in [0.15, 0.2) is 30.3 Å². The molecule has 1 saturated carbocycles. The van der Waals surface area contributed by atoms with Crippen LogP contribution < -0.4 is 0 Å². The Morgan fingerprint density at radius 1 is 0.767 bits per heavy atom. The van der Waals surface area contributed by atoms with Gasteiger partial charge < -0.3 is 0 Å². The van der Waals surface area contributed by atoms with Crippen LogP contribution in [0.3, 0.4) is 0 Å². The molecule has 0 aromatic heterocycles. The zero-order chi connectivity index (χ0) is 21.1. The molecule has 0 bridgehead atoms. The lowest BCUT2D eigenvalue weighted by Crippen LogP contribution is -2.26. The van der Waals surface area contributed by atoms with Crippen molar-refractivity contribution in [3.05, 3.63) is 58.9 Å². The second-order valence-electron chi connectivity index (χ2n) is 9.52. The summed E-state index contributed by atoms with van der Waals surface area (Å²) in [6, 6.07) is 8.27. The Kier molecular flexibility index (Phi) is 6.85. The number of benzene rings is 2. The number of halogens is 3. The van der Waals surface area contributed by atoms with E-state index in [1.54, 1.807) is 0 Å². The fourth-order valence-electron chi connectivity index (χ4n) is 5.72. The van der Waals surface area contributed by atoms with Crippen LogP contribution in [0.25, 0.3) is 11.1 Å². The van der Waals surface area contributed by atoms with Crippen LogP contribution in [0, 0.1) is 35.2 Å². The number of hydrogen-bond acceptors (Lipinski definition) is 0. The first-order valence-corrected chi connectivity index (χ1v) is 11.8. The first-order valence-electron chi connectivity index (χ1n) is 11.8. The quantitative estimate of drug-likeness (QED) is 0.330. The van der Waals surface area contributed by atoms with Gasteiger partial charge in [-0.15, -0.1) is 0 Å². The van der Waals surface area contributed by atoms with Crippen molar-refractivity contribution >= 4 is 0 Å². The van der Waals surface area contributed by atoms with Crippen molar-refractivity contribution in [3.8, 4) is 11.1 Å². The van der Waals surface area contributed by atoms with Crippen LogP contribution >= 0.6 is 0 Å². The van der Waals surface area contributed by atoms with E-state index in [1.165, 1.54) is 68.9 Å². The summed E-state index contributed by atoms with van der Waals surface area (Å²) >= 11 is 0. The Labute approximate surface area is 178 Å². The van der Waals surface area contributed by atoms with Gasteiger partial charge in [0.2, 0.25) is 0 Å². The summed E-state index contributed by atoms with van der Waals surface area (Å²) in [7, 11) is 0. The van der Waals surface area contributed by atoms with E-state index in [-0.39, 0.29) is 0 Å². The Bertz CT molecular complexity index is 841. The van der Waals surface area contributed by atoms with Gasteiger partial charge in [0, 0.05) is 0 Å². The van der Waals surface area contributed by atoms with Crippen molar-refractivity contribution in [1.82, 2.24) is 0 Å². The summed E-state index contributed by atoms with van der Waals surface area (Å²) in [6.45, 7) is 2.27. The summed E-state index contributed by atoms with van der Waals surface area (Å²) in [5.41, 5.74) is 3.82. The van der Waals surface area contributed by atoms with Crippen LogP contribution in [0.5, 0.6) is 0 Å². The van der Waals surface area contributed by atoms with Gasteiger partial charge in [-0.3, -0.25) is 0 Å². The fraction of sp³-hybridized carbons (Fsp3) is 0.556. The maximum absolute atomic E-state index is 13.6. The first kappa shape index (κ1) is 21.5. The summed E-state index contributed by atoms with van der Waals surface area (Å²) in [4.78, 5) is 0. The molecule has 0 saturated heterocycles. The molecule has 1 unspecified atom stereocenters. The molecular weight excluding hydrogens is 381 g/mol. The number of aryl methyl sites for hydroxylation is 1. The van der Waals surface area contributed by atoms with Crippen molar-refractivity contribution < 1.29 is 13.2 Å². The molecule has 2 aromatic carbocycles. The van der Waals surface area contributed by atoms with Crippen LogP contribution in [0.2, 0.25) is 0 Å². The van der Waals surface area contributed by atoms with E-state index >= 15 is 0 Å². The minimum atomic E-state index is -1.40. The van der Waals surface area contributed by atoms with Gasteiger partial charge in [-0.25, -0.2) is 13.2 Å². The minimum absolute atomic E-state index is 0.401. The predicted octanol–water partition coefficient (Wildman–Crippen LogP) is 8.26. The maximum Gasteiger partial charge on any atom is 0.194 e. The molecule has 0 heterocycles. The molecule has 0 nitrogen and oxygen atoms in total. The third kappa shape index (κ3) is 4.76. The minimum Gasteiger partial charge on any atom is -0.204 e. The molecule has 0 spiro atoms. The Balaban J connectivity index is 1.39. The van der Waals surface area contributed by atoms with Crippen molar-refractivity contribution in [2.24, 2.45) is 17.8 Å². The average molecular weight is 415 g/mol. The number of hydrogen-bond donors (Lipinski definition) is 0. The van der Waals surface area contributed by atoms with Crippen LogP contribution in [-0.2, 0) is 12.8 Å². The van der Waals surface area contributed by atoms with Gasteiger partial charge in [0.05, 0.1) is 0 Å². The van der Waals surface area contributed by atoms with Crippen LogP contribution in [0.1, 0.15) is 75.8 Å². The smallest absolute Gasteiger partial charge is 0.194 e. The van der Waals surface area contributed by atoms with E-state index in [2.05, 4.69) is 13.0 Å². The Morgan fingerprint density at radius 2 is 1.50 bits per heavy atom. The van der Waals surface area contributed by atoms with Crippen LogP contribution in [0.4, 0.5) is 13.2 Å². The third-order valence-electron chi connectivity index (χ3n) is 7.56. The van der Waals surface area contributed by atoms with Crippen molar-refractivity contribution in [3.63, 3.8) is 0 Å². The molecule has 162 valence electrons. The number of unbranched alkanes of at least 4 members (excludes halogenated alkanes) is 2. The highest BCUT2D eigenvalue weighted by Gasteiger charge is 2.30. The Hall–Kier alpha value is -1.77. The molecule has 2 aliphatic rings. The van der Waals surface area contributed by atoms with Gasteiger partial charge in [0.25, 0.3) is 0 Å². The molecule has 2 aromatic rings. The summed E-state index contributed by atoms with van der Waals surface area (Å²) in [5.74, 6) is -1.11. The van der Waals surface area contributed by atoms with E-state index in [1.807, 2.05) is 12.1 Å². The molecule has 1 atom stereocenters. The lowest BCUT2D eigenvalue weighted by atomic mass is 9.69. The van der Waals surface area contributed by atoms with Gasteiger partial charge in [-0.2, -0.15) is 0 Å². The molecule has 3 heteroatoms. The lowest BCUT2D eigenvalue weighted by molar-refractivity contribution is 0.183. The second-order valence-corrected chi connectivity index (χ2v) is 9.52. The summed E-state index contributed by atoms with van der Waals surface area (Å²) < 4.78 is 40.5. The highest BCUT2D eigenvalue weighted by Crippen LogP contribution is 2.41. The highest BCUT2D eigenvalue weighted by molar-refractivity contribution is 5.65. The largest absolute Gasteiger partial charge is 0.204 e. The molecule has 2 aliphatic carbocycles. The van der Waals surface area contributed by atoms with Gasteiger partial charge in [0.1, 0.15) is 0 Å². The Morgan fingerprint density at radius 3 is 2.20 bits per heavy atom. The molecular formula is C27H33F3. The average Bonchev–Trinajstić information content (AvgIpc) is 2.77. The van der Waals surface area contributed by atoms with Gasteiger partial charge >= 0.3 is 0 Å². The molecule has 1 fully saturated rings. The molecule has 0 amide bonds. The van der Waals surface area contributed by atoms with E-state index in [0.717, 1.165) is 48.3 Å². The second kappa shape index (κ2) is 9.58. The van der Waals surface area contributed by atoms with Gasteiger partial charge in [0.15, 0.2) is 17.5 Å². The van der Waals surface area contributed by atoms with Crippen molar-refractivity contribution in [2.75, 3.05) is 0 Å². The maximum atomic E-state index is 13.6. The third-order valence-corrected chi connectivity index (χ3v) is 7.56. The topological polar surface area (TPSA) is 0 Å². The van der Waals surface area contributed by atoms with E-state index < -0.39 is 17.5 Å².